The normalized spacial score (nSPS) is 10.7. The van der Waals surface area contributed by atoms with Crippen LogP contribution in [0.25, 0.3) is 5.57 Å². The van der Waals surface area contributed by atoms with Crippen LogP contribution < -0.4 is 15.6 Å². The Kier molecular flexibility index (Phi) is 5.35. The number of hydrazine groups is 1. The van der Waals surface area contributed by atoms with Gasteiger partial charge in [-0.1, -0.05) is 30.3 Å². The SMILES string of the molecule is COc1ccc(/C(=C\C(=O)NNc2ccccc2)C(=O)O)cc1. The fraction of sp³-hybridized carbons (Fsp3) is 0.0588. The Bertz CT molecular complexity index is 709. The highest BCUT2D eigenvalue weighted by Crippen LogP contribution is 2.18. The molecule has 118 valence electrons. The summed E-state index contributed by atoms with van der Waals surface area (Å²) in [5.74, 6) is -1.15. The molecule has 0 heterocycles. The summed E-state index contributed by atoms with van der Waals surface area (Å²) in [7, 11) is 1.52. The number of para-hydroxylation sites is 1. The highest BCUT2D eigenvalue weighted by molar-refractivity contribution is 6.20. The molecule has 0 fully saturated rings. The first kappa shape index (κ1) is 16.1. The molecule has 2 aromatic carbocycles. The lowest BCUT2D eigenvalue weighted by Crippen LogP contribution is -2.28. The molecule has 6 heteroatoms. The molecule has 0 aliphatic carbocycles. The van der Waals surface area contributed by atoms with Gasteiger partial charge in [-0.05, 0) is 29.8 Å². The number of nitrogens with one attached hydrogen (secondary N) is 2. The first-order valence-electron chi connectivity index (χ1n) is 6.80. The number of rotatable bonds is 6. The minimum absolute atomic E-state index is 0.111. The monoisotopic (exact) mass is 312 g/mol. The Morgan fingerprint density at radius 2 is 1.70 bits per heavy atom. The summed E-state index contributed by atoms with van der Waals surface area (Å²) in [5.41, 5.74) is 6.11. The second kappa shape index (κ2) is 7.65. The van der Waals surface area contributed by atoms with Gasteiger partial charge in [0.25, 0.3) is 5.91 Å². The summed E-state index contributed by atoms with van der Waals surface area (Å²) in [5, 5.41) is 9.29. The Morgan fingerprint density at radius 3 is 2.26 bits per heavy atom. The molecule has 0 spiro atoms. The van der Waals surface area contributed by atoms with Gasteiger partial charge in [0.1, 0.15) is 5.75 Å². The lowest BCUT2D eigenvalue weighted by molar-refractivity contribution is -0.130. The zero-order chi connectivity index (χ0) is 16.7. The molecule has 0 unspecified atom stereocenters. The van der Waals surface area contributed by atoms with Gasteiger partial charge in [-0.25, -0.2) is 4.79 Å². The average Bonchev–Trinajstić information content (AvgIpc) is 2.58. The molecule has 0 saturated carbocycles. The van der Waals surface area contributed by atoms with Gasteiger partial charge in [-0.2, -0.15) is 0 Å². The van der Waals surface area contributed by atoms with Crippen LogP contribution in [0.5, 0.6) is 5.75 Å². The predicted molar refractivity (Wildman–Crippen MR) is 86.8 cm³/mol. The van der Waals surface area contributed by atoms with Gasteiger partial charge in [0, 0.05) is 6.08 Å². The largest absolute Gasteiger partial charge is 0.497 e. The van der Waals surface area contributed by atoms with Crippen LogP contribution >= 0.6 is 0 Å². The number of carbonyl (C=O) groups excluding carboxylic acids is 1. The summed E-state index contributed by atoms with van der Waals surface area (Å²) in [6.45, 7) is 0. The van der Waals surface area contributed by atoms with Gasteiger partial charge < -0.3 is 9.84 Å². The van der Waals surface area contributed by atoms with Crippen LogP contribution in [0.3, 0.4) is 0 Å². The van der Waals surface area contributed by atoms with E-state index in [0.29, 0.717) is 17.0 Å². The van der Waals surface area contributed by atoms with E-state index in [4.69, 9.17) is 4.74 Å². The van der Waals surface area contributed by atoms with E-state index >= 15 is 0 Å². The molecule has 2 rings (SSSR count). The second-order valence-corrected chi connectivity index (χ2v) is 4.57. The molecule has 2 aromatic rings. The summed E-state index contributed by atoms with van der Waals surface area (Å²) in [6, 6.07) is 15.4. The van der Waals surface area contributed by atoms with Crippen LogP contribution in [0.2, 0.25) is 0 Å². The van der Waals surface area contributed by atoms with Crippen molar-refractivity contribution in [1.82, 2.24) is 5.43 Å². The number of benzene rings is 2. The Balaban J connectivity index is 2.11. The fourth-order valence-electron chi connectivity index (χ4n) is 1.86. The van der Waals surface area contributed by atoms with Crippen molar-refractivity contribution in [2.45, 2.75) is 0 Å². The average molecular weight is 312 g/mol. The Morgan fingerprint density at radius 1 is 1.04 bits per heavy atom. The zero-order valence-corrected chi connectivity index (χ0v) is 12.4. The lowest BCUT2D eigenvalue weighted by Gasteiger charge is -2.08. The van der Waals surface area contributed by atoms with E-state index in [1.165, 1.54) is 7.11 Å². The molecule has 0 aliphatic rings. The topological polar surface area (TPSA) is 87.7 Å². The molecule has 3 N–H and O–H groups in total. The molecule has 0 bridgehead atoms. The van der Waals surface area contributed by atoms with Crippen LogP contribution in [-0.2, 0) is 9.59 Å². The number of carboxylic acids is 1. The quantitative estimate of drug-likeness (QED) is 0.563. The molecule has 0 radical (unpaired) electrons. The lowest BCUT2D eigenvalue weighted by atomic mass is 10.1. The Hall–Kier alpha value is -3.28. The van der Waals surface area contributed by atoms with Crippen LogP contribution in [0.15, 0.2) is 60.7 Å². The summed E-state index contributed by atoms with van der Waals surface area (Å²) >= 11 is 0. The first-order chi connectivity index (χ1) is 11.1. The van der Waals surface area contributed by atoms with E-state index < -0.39 is 11.9 Å². The third-order valence-electron chi connectivity index (χ3n) is 3.01. The standard InChI is InChI=1S/C17H16N2O4/c1-23-14-9-7-12(8-10-14)15(17(21)22)11-16(20)19-18-13-5-3-2-4-6-13/h2-11,18H,1H3,(H,19,20)(H,21,22)/b15-11+. The zero-order valence-electron chi connectivity index (χ0n) is 12.4. The minimum atomic E-state index is -1.19. The summed E-state index contributed by atoms with van der Waals surface area (Å²) in [4.78, 5) is 23.3. The Labute approximate surface area is 133 Å². The third kappa shape index (κ3) is 4.60. The van der Waals surface area contributed by atoms with Crippen molar-refractivity contribution in [3.8, 4) is 5.75 Å². The number of carboxylic acid groups (broad SMARTS) is 1. The van der Waals surface area contributed by atoms with Crippen molar-refractivity contribution in [1.29, 1.82) is 0 Å². The van der Waals surface area contributed by atoms with Crippen molar-refractivity contribution in [3.05, 3.63) is 66.2 Å². The van der Waals surface area contributed by atoms with Crippen LogP contribution in [0.4, 0.5) is 5.69 Å². The van der Waals surface area contributed by atoms with Gasteiger partial charge >= 0.3 is 5.97 Å². The van der Waals surface area contributed by atoms with Gasteiger partial charge in [-0.15, -0.1) is 0 Å². The molecule has 1 amide bonds. The molecule has 6 nitrogen and oxygen atoms in total. The summed E-state index contributed by atoms with van der Waals surface area (Å²) in [6.07, 6.45) is 1.03. The number of ether oxygens (including phenoxy) is 1. The van der Waals surface area contributed by atoms with Crippen molar-refractivity contribution >= 4 is 23.1 Å². The number of anilines is 1. The van der Waals surface area contributed by atoms with E-state index in [2.05, 4.69) is 10.9 Å². The number of amides is 1. The molecular weight excluding hydrogens is 296 g/mol. The fourth-order valence-corrected chi connectivity index (χ4v) is 1.86. The van der Waals surface area contributed by atoms with Crippen molar-refractivity contribution in [3.63, 3.8) is 0 Å². The van der Waals surface area contributed by atoms with Gasteiger partial charge in [0.05, 0.1) is 18.4 Å². The van der Waals surface area contributed by atoms with Crippen LogP contribution in [0, 0.1) is 0 Å². The maximum absolute atomic E-state index is 11.9. The molecule has 0 aromatic heterocycles. The first-order valence-corrected chi connectivity index (χ1v) is 6.80. The van der Waals surface area contributed by atoms with Gasteiger partial charge in [0.15, 0.2) is 0 Å². The number of carbonyl (C=O) groups is 2. The van der Waals surface area contributed by atoms with E-state index in [0.717, 1.165) is 6.08 Å². The molecule has 23 heavy (non-hydrogen) atoms. The summed E-state index contributed by atoms with van der Waals surface area (Å²) < 4.78 is 5.02. The molecular formula is C17H16N2O4. The number of methoxy groups -OCH3 is 1. The van der Waals surface area contributed by atoms with Crippen molar-refractivity contribution in [2.75, 3.05) is 12.5 Å². The number of hydrogen-bond donors (Lipinski definition) is 3. The number of hydrogen-bond acceptors (Lipinski definition) is 4. The smallest absolute Gasteiger partial charge is 0.336 e. The maximum Gasteiger partial charge on any atom is 0.336 e. The third-order valence-corrected chi connectivity index (χ3v) is 3.01. The highest BCUT2D eigenvalue weighted by Gasteiger charge is 2.12. The number of aliphatic carboxylic acids is 1. The maximum atomic E-state index is 11.9. The van der Waals surface area contributed by atoms with Crippen LogP contribution in [-0.4, -0.2) is 24.1 Å². The second-order valence-electron chi connectivity index (χ2n) is 4.57. The molecule has 0 aliphatic heterocycles. The molecule has 0 atom stereocenters. The van der Waals surface area contributed by atoms with Gasteiger partial charge in [0.2, 0.25) is 0 Å². The van der Waals surface area contributed by atoms with Crippen LogP contribution in [0.1, 0.15) is 5.56 Å². The minimum Gasteiger partial charge on any atom is -0.497 e. The van der Waals surface area contributed by atoms with E-state index in [1.54, 1.807) is 36.4 Å². The van der Waals surface area contributed by atoms with E-state index in [9.17, 15) is 14.7 Å². The molecule has 0 saturated heterocycles. The van der Waals surface area contributed by atoms with E-state index in [-0.39, 0.29) is 5.57 Å². The van der Waals surface area contributed by atoms with E-state index in [1.807, 2.05) is 18.2 Å². The van der Waals surface area contributed by atoms with Gasteiger partial charge in [-0.3, -0.25) is 15.6 Å². The van der Waals surface area contributed by atoms with Crippen molar-refractivity contribution in [2.24, 2.45) is 0 Å². The highest BCUT2D eigenvalue weighted by atomic mass is 16.5. The van der Waals surface area contributed by atoms with Crippen molar-refractivity contribution < 1.29 is 19.4 Å². The predicted octanol–water partition coefficient (Wildman–Crippen LogP) is 2.31.